The van der Waals surface area contributed by atoms with Gasteiger partial charge in [-0.3, -0.25) is 23.4 Å². The average Bonchev–Trinajstić information content (AvgIpc) is 3.25. The summed E-state index contributed by atoms with van der Waals surface area (Å²) >= 11 is 0. The van der Waals surface area contributed by atoms with Crippen LogP contribution in [0, 0.1) is 0 Å². The number of phosphoric acid groups is 1. The van der Waals surface area contributed by atoms with Gasteiger partial charge in [-0.25, -0.2) is 4.57 Å². The number of carbonyl (C=O) groups excluding carboxylic acids is 2. The number of unbranched alkanes of at least 4 members (excludes halogenated alkanes) is 18. The van der Waals surface area contributed by atoms with E-state index in [1.165, 1.54) is 96.3 Å². The second-order valence-corrected chi connectivity index (χ2v) is 17.3. The fraction of sp³-hybridized carbons (Fsp3) is 0.700. The number of esters is 2. The molecular formula is C50H86NO10P. The summed E-state index contributed by atoms with van der Waals surface area (Å²) in [7, 11) is -4.74. The summed E-state index contributed by atoms with van der Waals surface area (Å²) in [5, 5.41) is 8.91. The van der Waals surface area contributed by atoms with Crippen LogP contribution in [-0.2, 0) is 37.5 Å². The largest absolute Gasteiger partial charge is 0.480 e. The lowest BCUT2D eigenvalue weighted by molar-refractivity contribution is -0.161. The second-order valence-electron chi connectivity index (χ2n) is 15.9. The molecule has 11 nitrogen and oxygen atoms in total. The SMILES string of the molecule is CC/C=C\C/C=C\C/C=C\C/C=C\C/C=C\CCCC(=O)OC(COC(=O)CCCCCCCCCCC/C=C\CCCCCCCCCC)COP(=O)(O)OCC(N)C(=O)O. The normalized spacial score (nSPS) is 14.3. The van der Waals surface area contributed by atoms with E-state index in [9.17, 15) is 23.8 Å². The van der Waals surface area contributed by atoms with E-state index < -0.39 is 51.1 Å². The summed E-state index contributed by atoms with van der Waals surface area (Å²) in [5.74, 6) is -2.46. The van der Waals surface area contributed by atoms with E-state index in [0.717, 1.165) is 51.4 Å². The Bertz CT molecular complexity index is 1320. The number of aliphatic carboxylic acids is 1. The summed E-state index contributed by atoms with van der Waals surface area (Å²) < 4.78 is 32.7. The van der Waals surface area contributed by atoms with Gasteiger partial charge in [0.2, 0.25) is 0 Å². The zero-order valence-electron chi connectivity index (χ0n) is 38.7. The van der Waals surface area contributed by atoms with E-state index in [1.807, 2.05) is 12.2 Å². The van der Waals surface area contributed by atoms with Gasteiger partial charge in [-0.1, -0.05) is 177 Å². The molecule has 62 heavy (non-hydrogen) atoms. The highest BCUT2D eigenvalue weighted by molar-refractivity contribution is 7.47. The van der Waals surface area contributed by atoms with Crippen molar-refractivity contribution in [3.8, 4) is 0 Å². The molecule has 356 valence electrons. The fourth-order valence-corrected chi connectivity index (χ4v) is 6.99. The number of carboxylic acids is 1. The molecule has 0 rings (SSSR count). The molecule has 0 fully saturated rings. The molecule has 0 amide bonds. The first kappa shape index (κ1) is 58.9. The van der Waals surface area contributed by atoms with E-state index in [-0.39, 0.29) is 19.4 Å². The molecule has 0 saturated carbocycles. The van der Waals surface area contributed by atoms with Crippen LogP contribution in [0.1, 0.15) is 194 Å². The second kappa shape index (κ2) is 44.5. The molecule has 0 aromatic carbocycles. The highest BCUT2D eigenvalue weighted by atomic mass is 31.2. The fourth-order valence-electron chi connectivity index (χ4n) is 6.21. The minimum Gasteiger partial charge on any atom is -0.480 e. The first-order chi connectivity index (χ1) is 30.1. The van der Waals surface area contributed by atoms with Crippen LogP contribution < -0.4 is 5.73 Å². The molecule has 0 saturated heterocycles. The molecule has 0 bridgehead atoms. The third-order valence-electron chi connectivity index (χ3n) is 9.94. The van der Waals surface area contributed by atoms with Crippen molar-refractivity contribution in [2.24, 2.45) is 5.73 Å². The van der Waals surface area contributed by atoms with Gasteiger partial charge in [0.1, 0.15) is 12.6 Å². The zero-order valence-corrected chi connectivity index (χ0v) is 39.6. The van der Waals surface area contributed by atoms with Gasteiger partial charge in [-0.15, -0.1) is 0 Å². The minimum absolute atomic E-state index is 0.0797. The Balaban J connectivity index is 4.36. The van der Waals surface area contributed by atoms with Gasteiger partial charge in [-0.2, -0.15) is 0 Å². The predicted octanol–water partition coefficient (Wildman–Crippen LogP) is 13.3. The van der Waals surface area contributed by atoms with Gasteiger partial charge >= 0.3 is 25.7 Å². The Morgan fingerprint density at radius 2 is 0.919 bits per heavy atom. The highest BCUT2D eigenvalue weighted by Crippen LogP contribution is 2.43. The Morgan fingerprint density at radius 3 is 1.42 bits per heavy atom. The number of hydrogen-bond acceptors (Lipinski definition) is 9. The van der Waals surface area contributed by atoms with Gasteiger partial charge < -0.3 is 25.2 Å². The van der Waals surface area contributed by atoms with E-state index in [2.05, 4.69) is 79.1 Å². The third-order valence-corrected chi connectivity index (χ3v) is 10.9. The van der Waals surface area contributed by atoms with E-state index >= 15 is 0 Å². The molecular weight excluding hydrogens is 806 g/mol. The van der Waals surface area contributed by atoms with Gasteiger partial charge in [0, 0.05) is 12.8 Å². The average molecular weight is 892 g/mol. The molecule has 0 aromatic heterocycles. The summed E-state index contributed by atoms with van der Waals surface area (Å²) in [6.07, 6.45) is 54.1. The summed E-state index contributed by atoms with van der Waals surface area (Å²) in [6, 6.07) is -1.53. The van der Waals surface area contributed by atoms with Crippen LogP contribution in [0.4, 0.5) is 0 Å². The van der Waals surface area contributed by atoms with Gasteiger partial charge in [0.15, 0.2) is 6.10 Å². The summed E-state index contributed by atoms with van der Waals surface area (Å²) in [4.78, 5) is 46.1. The lowest BCUT2D eigenvalue weighted by Crippen LogP contribution is -2.34. The molecule has 0 aliphatic rings. The number of carboxylic acid groups (broad SMARTS) is 1. The standard InChI is InChI=1S/C50H86NO10P/c1-3-5-7-9-11-13-15-17-19-21-22-23-24-26-27-29-31-33-35-37-39-41-48(52)58-43-46(44-59-62(56,57)60-45-47(51)50(54)55)61-49(53)42-40-38-36-34-32-30-28-25-20-18-16-14-12-10-8-6-4-2/h6,8,12,14,18,20-22,28,30,34,36,46-47H,3-5,7,9-11,13,15-17,19,23-27,29,31-33,35,37-45,51H2,1-2H3,(H,54,55)(H,56,57)/b8-6-,14-12-,20-18-,22-21-,30-28-,36-34-. The first-order valence-corrected chi connectivity index (χ1v) is 25.5. The monoisotopic (exact) mass is 892 g/mol. The number of allylic oxidation sites excluding steroid dienone is 12. The first-order valence-electron chi connectivity index (χ1n) is 24.0. The molecule has 12 heteroatoms. The Morgan fingerprint density at radius 1 is 0.516 bits per heavy atom. The van der Waals surface area contributed by atoms with Crippen molar-refractivity contribution in [1.82, 2.24) is 0 Å². The quantitative estimate of drug-likeness (QED) is 0.0230. The molecule has 0 spiro atoms. The lowest BCUT2D eigenvalue weighted by Gasteiger charge is -2.20. The van der Waals surface area contributed by atoms with Crippen LogP contribution in [0.3, 0.4) is 0 Å². The lowest BCUT2D eigenvalue weighted by atomic mass is 10.1. The molecule has 4 N–H and O–H groups in total. The summed E-state index contributed by atoms with van der Waals surface area (Å²) in [6.45, 7) is 2.64. The van der Waals surface area contributed by atoms with Crippen molar-refractivity contribution in [2.45, 2.75) is 206 Å². The number of ether oxygens (including phenoxy) is 2. The van der Waals surface area contributed by atoms with Gasteiger partial charge in [0.25, 0.3) is 0 Å². The van der Waals surface area contributed by atoms with Crippen LogP contribution in [0.5, 0.6) is 0 Å². The number of hydrogen-bond donors (Lipinski definition) is 3. The van der Waals surface area contributed by atoms with Crippen LogP contribution in [0.25, 0.3) is 0 Å². The number of carbonyl (C=O) groups is 3. The maximum atomic E-state index is 12.6. The maximum absolute atomic E-state index is 12.6. The molecule has 0 aliphatic carbocycles. The van der Waals surface area contributed by atoms with E-state index in [0.29, 0.717) is 19.3 Å². The summed E-state index contributed by atoms with van der Waals surface area (Å²) in [5.41, 5.74) is 5.34. The number of nitrogens with two attached hydrogens (primary N) is 1. The van der Waals surface area contributed by atoms with E-state index in [4.69, 9.17) is 24.8 Å². The molecule has 3 unspecified atom stereocenters. The van der Waals surface area contributed by atoms with Crippen molar-refractivity contribution >= 4 is 25.7 Å². The Kier molecular flexibility index (Phi) is 42.3. The van der Waals surface area contributed by atoms with Gasteiger partial charge in [0.05, 0.1) is 13.2 Å². The van der Waals surface area contributed by atoms with Crippen LogP contribution in [0.2, 0.25) is 0 Å². The third kappa shape index (κ3) is 43.6. The smallest absolute Gasteiger partial charge is 0.472 e. The van der Waals surface area contributed by atoms with Crippen molar-refractivity contribution in [1.29, 1.82) is 0 Å². The minimum atomic E-state index is -4.74. The van der Waals surface area contributed by atoms with Crippen LogP contribution in [-0.4, -0.2) is 59.9 Å². The molecule has 0 heterocycles. The Hall–Kier alpha value is -3.08. The Labute approximate surface area is 376 Å². The van der Waals surface area contributed by atoms with Crippen LogP contribution >= 0.6 is 7.82 Å². The predicted molar refractivity (Wildman–Crippen MR) is 254 cm³/mol. The van der Waals surface area contributed by atoms with Crippen molar-refractivity contribution < 1.29 is 47.5 Å². The van der Waals surface area contributed by atoms with Crippen molar-refractivity contribution in [2.75, 3.05) is 19.8 Å². The maximum Gasteiger partial charge on any atom is 0.472 e. The van der Waals surface area contributed by atoms with E-state index in [1.54, 1.807) is 0 Å². The molecule has 0 radical (unpaired) electrons. The van der Waals surface area contributed by atoms with Crippen molar-refractivity contribution in [3.05, 3.63) is 72.9 Å². The molecule has 3 atom stereocenters. The molecule has 0 aliphatic heterocycles. The van der Waals surface area contributed by atoms with Crippen LogP contribution in [0.15, 0.2) is 72.9 Å². The number of rotatable bonds is 44. The van der Waals surface area contributed by atoms with Crippen molar-refractivity contribution in [3.63, 3.8) is 0 Å². The topological polar surface area (TPSA) is 172 Å². The number of phosphoric ester groups is 1. The molecule has 0 aromatic rings. The highest BCUT2D eigenvalue weighted by Gasteiger charge is 2.28. The van der Waals surface area contributed by atoms with Gasteiger partial charge in [-0.05, 0) is 77.0 Å². The zero-order chi connectivity index (χ0) is 45.6.